The molecule has 2 aromatic rings. The Hall–Kier alpha value is -1.76. The van der Waals surface area contributed by atoms with Gasteiger partial charge in [0.05, 0.1) is 12.8 Å². The minimum absolute atomic E-state index is 0.0694. The molecule has 0 bridgehead atoms. The molecule has 0 aliphatic rings. The van der Waals surface area contributed by atoms with Gasteiger partial charge in [-0.2, -0.15) is 9.61 Å². The third kappa shape index (κ3) is 1.18. The first-order chi connectivity index (χ1) is 6.33. The molecule has 0 unspecified atom stereocenters. The van der Waals surface area contributed by atoms with Gasteiger partial charge < -0.3 is 15.7 Å². The van der Waals surface area contributed by atoms with Gasteiger partial charge in [-0.1, -0.05) is 4.85 Å². The van der Waals surface area contributed by atoms with Crippen LogP contribution in [-0.4, -0.2) is 37.9 Å². The van der Waals surface area contributed by atoms with Crippen LogP contribution >= 0.6 is 0 Å². The number of fused-ring (bicyclic) bond motifs is 1. The molecule has 0 saturated carbocycles. The van der Waals surface area contributed by atoms with Gasteiger partial charge in [-0.15, -0.1) is 5.10 Å². The van der Waals surface area contributed by atoms with Crippen LogP contribution in [0.5, 0.6) is 0 Å². The number of rotatable bonds is 3. The molecule has 0 radical (unpaired) electrons. The van der Waals surface area contributed by atoms with Gasteiger partial charge in [-0.3, -0.25) is 0 Å². The summed E-state index contributed by atoms with van der Waals surface area (Å²) < 4.78 is 1.49. The number of aliphatic hydroxyl groups excluding tert-OH is 1. The second-order valence-corrected chi connectivity index (χ2v) is 2.43. The van der Waals surface area contributed by atoms with Crippen LogP contribution in [0.2, 0.25) is 0 Å². The fourth-order valence-electron chi connectivity index (χ4n) is 1.02. The smallest absolute Gasteiger partial charge is 0.217 e. The molecule has 0 aliphatic carbocycles. The maximum Gasteiger partial charge on any atom is 0.217 e. The molecule has 0 spiro atoms. The van der Waals surface area contributed by atoms with Crippen LogP contribution in [0.1, 0.15) is 0 Å². The fourth-order valence-corrected chi connectivity index (χ4v) is 1.02. The monoisotopic (exact) mass is 183 g/mol. The Morgan fingerprint density at radius 2 is 2.38 bits per heavy atom. The summed E-state index contributed by atoms with van der Waals surface area (Å²) in [6.45, 7) is 0.0992. The number of aromatic nitrogens is 4. The molecule has 7 heteroatoms. The summed E-state index contributed by atoms with van der Waals surface area (Å²) in [5.74, 6) is 0. The lowest BCUT2D eigenvalue weighted by Gasteiger charge is -2.01. The molecule has 70 valence electrons. The lowest BCUT2D eigenvalue weighted by Crippen LogP contribution is -2.16. The van der Waals surface area contributed by atoms with E-state index in [2.05, 4.69) is 10.2 Å². The molecule has 2 rings (SSSR count). The van der Waals surface area contributed by atoms with Gasteiger partial charge in [0.1, 0.15) is 18.6 Å². The van der Waals surface area contributed by atoms with Gasteiger partial charge in [0.25, 0.3) is 0 Å². The number of nitrogens with zero attached hydrogens (tertiary/aromatic N) is 4. The van der Waals surface area contributed by atoms with E-state index in [1.807, 2.05) is 0 Å². The number of hydrogen-bond acceptors (Lipinski definition) is 5. The number of hydrogen-bond donors (Lipinski definition) is 2. The Morgan fingerprint density at radius 3 is 3.15 bits per heavy atom. The van der Waals surface area contributed by atoms with Crippen molar-refractivity contribution >= 4 is 11.3 Å². The highest BCUT2D eigenvalue weighted by molar-refractivity contribution is 5.62. The molecule has 2 aromatic heterocycles. The molecular formula is C6H9N5O2. The number of aliphatic hydroxyl groups is 1. The van der Waals surface area contributed by atoms with Gasteiger partial charge in [-0.05, 0) is 0 Å². The molecule has 0 aliphatic heterocycles. The van der Waals surface area contributed by atoms with Crippen LogP contribution in [0, 0.1) is 0 Å². The van der Waals surface area contributed by atoms with Gasteiger partial charge in [0.15, 0.2) is 0 Å². The molecule has 3 N–H and O–H groups in total. The second kappa shape index (κ2) is 2.94. The summed E-state index contributed by atoms with van der Waals surface area (Å²) in [7, 11) is 0. The highest BCUT2D eigenvalue weighted by atomic mass is 16.7. The molecule has 0 amide bonds. The normalized spacial score (nSPS) is 10.8. The molecule has 0 atom stereocenters. The van der Waals surface area contributed by atoms with Crippen molar-refractivity contribution in [3.63, 3.8) is 0 Å². The van der Waals surface area contributed by atoms with Crippen molar-refractivity contribution in [3.05, 3.63) is 12.5 Å². The van der Waals surface area contributed by atoms with Crippen molar-refractivity contribution in [1.29, 1.82) is 0 Å². The zero-order valence-electron chi connectivity index (χ0n) is 6.79. The lowest BCUT2D eigenvalue weighted by molar-refractivity contribution is 0.0614. The first-order valence-electron chi connectivity index (χ1n) is 3.74. The zero-order chi connectivity index (χ0) is 9.26. The molecule has 7 nitrogen and oxygen atoms in total. The Bertz CT molecular complexity index is 406. The Morgan fingerprint density at radius 1 is 1.54 bits per heavy atom. The lowest BCUT2D eigenvalue weighted by atomic mass is 10.6. The summed E-state index contributed by atoms with van der Waals surface area (Å²) in [6.07, 6.45) is 2.99. The number of anilines is 1. The van der Waals surface area contributed by atoms with Crippen molar-refractivity contribution in [3.8, 4) is 0 Å². The highest BCUT2D eigenvalue weighted by Gasteiger charge is 2.07. The van der Waals surface area contributed by atoms with E-state index in [1.165, 1.54) is 21.9 Å². The van der Waals surface area contributed by atoms with Crippen molar-refractivity contribution in [2.24, 2.45) is 0 Å². The van der Waals surface area contributed by atoms with E-state index < -0.39 is 0 Å². The zero-order valence-corrected chi connectivity index (χ0v) is 6.79. The topological polar surface area (TPSA) is 90.6 Å². The van der Waals surface area contributed by atoms with Gasteiger partial charge >= 0.3 is 0 Å². The largest absolute Gasteiger partial charge is 0.394 e. The van der Waals surface area contributed by atoms with Gasteiger partial charge in [-0.25, -0.2) is 0 Å². The summed E-state index contributed by atoms with van der Waals surface area (Å²) in [4.78, 5) is 6.30. The molecule has 0 saturated heterocycles. The second-order valence-electron chi connectivity index (χ2n) is 2.43. The molecule has 0 fully saturated rings. The predicted octanol–water partition coefficient (Wildman–Crippen LogP) is -1.47. The van der Waals surface area contributed by atoms with Gasteiger partial charge in [0, 0.05) is 0 Å². The van der Waals surface area contributed by atoms with E-state index in [1.54, 1.807) is 0 Å². The van der Waals surface area contributed by atoms with Crippen LogP contribution in [0.15, 0.2) is 12.5 Å². The van der Waals surface area contributed by atoms with Crippen molar-refractivity contribution in [2.45, 2.75) is 0 Å². The van der Waals surface area contributed by atoms with Crippen LogP contribution < -0.4 is 10.6 Å². The first-order valence-corrected chi connectivity index (χ1v) is 3.74. The van der Waals surface area contributed by atoms with Crippen molar-refractivity contribution in [2.75, 3.05) is 18.9 Å². The van der Waals surface area contributed by atoms with Gasteiger partial charge in [0.2, 0.25) is 5.65 Å². The molecular weight excluding hydrogens is 174 g/mol. The molecule has 13 heavy (non-hydrogen) atoms. The number of nitrogen functional groups attached to an aromatic ring is 1. The predicted molar refractivity (Wildman–Crippen MR) is 43.9 cm³/mol. The third-order valence-corrected chi connectivity index (χ3v) is 1.55. The van der Waals surface area contributed by atoms with E-state index in [-0.39, 0.29) is 13.2 Å². The third-order valence-electron chi connectivity index (χ3n) is 1.55. The van der Waals surface area contributed by atoms with Crippen molar-refractivity contribution in [1.82, 2.24) is 19.6 Å². The highest BCUT2D eigenvalue weighted by Crippen LogP contribution is 2.09. The maximum absolute atomic E-state index is 8.54. The SMILES string of the molecule is Nc1cnn2cnn(OCCO)c12. The summed E-state index contributed by atoms with van der Waals surface area (Å²) in [5.41, 5.74) is 6.65. The van der Waals surface area contributed by atoms with E-state index in [0.29, 0.717) is 11.3 Å². The van der Waals surface area contributed by atoms with Crippen LogP contribution in [0.3, 0.4) is 0 Å². The summed E-state index contributed by atoms with van der Waals surface area (Å²) in [5, 5.41) is 16.3. The van der Waals surface area contributed by atoms with Crippen LogP contribution in [-0.2, 0) is 0 Å². The summed E-state index contributed by atoms with van der Waals surface area (Å²) in [6, 6.07) is 0. The minimum atomic E-state index is -0.0694. The average Bonchev–Trinajstić information content (AvgIpc) is 2.67. The van der Waals surface area contributed by atoms with E-state index in [0.717, 1.165) is 0 Å². The molecule has 0 aromatic carbocycles. The standard InChI is InChI=1S/C6H9N5O2/c7-5-3-8-10-4-9-11(6(5)10)13-2-1-12/h3-4,12H,1-2,7H2. The maximum atomic E-state index is 8.54. The van der Waals surface area contributed by atoms with Crippen LogP contribution in [0.4, 0.5) is 5.69 Å². The van der Waals surface area contributed by atoms with Crippen LogP contribution in [0.25, 0.3) is 5.65 Å². The average molecular weight is 183 g/mol. The Labute approximate surface area is 73.3 Å². The van der Waals surface area contributed by atoms with Crippen molar-refractivity contribution < 1.29 is 9.94 Å². The number of nitrogens with two attached hydrogens (primary N) is 1. The Kier molecular flexibility index (Phi) is 1.78. The molecule has 2 heterocycles. The fraction of sp³-hybridized carbons (Fsp3) is 0.333. The van der Waals surface area contributed by atoms with E-state index >= 15 is 0 Å². The van der Waals surface area contributed by atoms with E-state index in [9.17, 15) is 0 Å². The quantitative estimate of drug-likeness (QED) is 0.606. The first kappa shape index (κ1) is 7.87. The minimum Gasteiger partial charge on any atom is -0.394 e. The summed E-state index contributed by atoms with van der Waals surface area (Å²) >= 11 is 0. The van der Waals surface area contributed by atoms with E-state index in [4.69, 9.17) is 15.7 Å². The Balaban J connectivity index is 2.38.